The summed E-state index contributed by atoms with van der Waals surface area (Å²) in [5, 5.41) is 15.4. The fourth-order valence-corrected chi connectivity index (χ4v) is 9.37. The van der Waals surface area contributed by atoms with Crippen molar-refractivity contribution in [1.82, 2.24) is 20.4 Å². The minimum Gasteiger partial charge on any atom is -0.404 e. The molecule has 10 nitrogen and oxygen atoms in total. The van der Waals surface area contributed by atoms with E-state index in [0.29, 0.717) is 42.0 Å². The number of hydrogen-bond acceptors (Lipinski definition) is 7. The molecule has 1 aromatic heterocycles. The SMILES string of the molecule is Cc1cc(C(=O)NCC2=NOC(Cc3ccccc3)(C(=O)N[C@@H](CC(C)C)B3O[C@@H]4C[C@@H]5C[C@@H](C5(C)C)[C@]4(C)O3)C2)n(C2CCCC2)n1. The Balaban J connectivity index is 1.06. The van der Waals surface area contributed by atoms with Gasteiger partial charge in [-0.05, 0) is 80.8 Å². The molecule has 2 N–H and O–H groups in total. The fourth-order valence-electron chi connectivity index (χ4n) is 9.37. The van der Waals surface area contributed by atoms with E-state index < -0.39 is 12.7 Å². The van der Waals surface area contributed by atoms with Gasteiger partial charge in [0, 0.05) is 12.8 Å². The van der Waals surface area contributed by atoms with Gasteiger partial charge in [-0.15, -0.1) is 0 Å². The van der Waals surface area contributed by atoms with Gasteiger partial charge in [0.25, 0.3) is 11.8 Å². The van der Waals surface area contributed by atoms with Crippen molar-refractivity contribution in [3.05, 3.63) is 53.3 Å². The van der Waals surface area contributed by atoms with Gasteiger partial charge in [-0.2, -0.15) is 5.10 Å². The van der Waals surface area contributed by atoms with Crippen LogP contribution in [0.1, 0.15) is 114 Å². The highest BCUT2D eigenvalue weighted by atomic mass is 16.7. The molecular weight excluding hydrogens is 605 g/mol. The largest absolute Gasteiger partial charge is 0.481 e. The predicted molar refractivity (Wildman–Crippen MR) is 184 cm³/mol. The molecule has 3 heterocycles. The summed E-state index contributed by atoms with van der Waals surface area (Å²) in [5.41, 5.74) is 1.58. The number of carbonyl (C=O) groups excluding carboxylic acids is 2. The quantitative estimate of drug-likeness (QED) is 0.305. The summed E-state index contributed by atoms with van der Waals surface area (Å²) < 4.78 is 15.4. The van der Waals surface area contributed by atoms with E-state index in [4.69, 9.17) is 14.1 Å². The number of amides is 2. The van der Waals surface area contributed by atoms with Crippen LogP contribution in [0.15, 0.2) is 41.6 Å². The van der Waals surface area contributed by atoms with Crippen LogP contribution < -0.4 is 10.6 Å². The molecule has 2 aromatic rings. The highest BCUT2D eigenvalue weighted by Crippen LogP contribution is 2.65. The minimum atomic E-state index is -1.27. The van der Waals surface area contributed by atoms with Crippen molar-refractivity contribution in [2.75, 3.05) is 6.54 Å². The van der Waals surface area contributed by atoms with E-state index >= 15 is 0 Å². The van der Waals surface area contributed by atoms with E-state index in [9.17, 15) is 9.59 Å². The maximum Gasteiger partial charge on any atom is 0.481 e. The van der Waals surface area contributed by atoms with E-state index in [1.54, 1.807) is 0 Å². The van der Waals surface area contributed by atoms with Crippen LogP contribution in [0.3, 0.4) is 0 Å². The Morgan fingerprint density at radius 1 is 1.10 bits per heavy atom. The van der Waals surface area contributed by atoms with Crippen LogP contribution >= 0.6 is 0 Å². The van der Waals surface area contributed by atoms with Gasteiger partial charge in [-0.3, -0.25) is 14.3 Å². The van der Waals surface area contributed by atoms with Gasteiger partial charge < -0.3 is 24.8 Å². The van der Waals surface area contributed by atoms with Crippen molar-refractivity contribution >= 4 is 24.6 Å². The second-order valence-electron chi connectivity index (χ2n) is 16.4. The molecule has 1 aromatic carbocycles. The first-order chi connectivity index (χ1) is 22.9. The lowest BCUT2D eigenvalue weighted by molar-refractivity contribution is -0.199. The summed E-state index contributed by atoms with van der Waals surface area (Å²) in [6.07, 6.45) is 7.87. The fraction of sp³-hybridized carbons (Fsp3) is 0.676. The maximum atomic E-state index is 14.5. The second-order valence-corrected chi connectivity index (χ2v) is 16.4. The predicted octanol–water partition coefficient (Wildman–Crippen LogP) is 5.59. The van der Waals surface area contributed by atoms with Gasteiger partial charge in [0.2, 0.25) is 5.60 Å². The molecule has 4 aliphatic carbocycles. The zero-order valence-corrected chi connectivity index (χ0v) is 29.5. The van der Waals surface area contributed by atoms with Crippen molar-refractivity contribution in [3.8, 4) is 0 Å². The maximum absolute atomic E-state index is 14.5. The number of carbonyl (C=O) groups is 2. The van der Waals surface area contributed by atoms with Crippen LogP contribution in [0.5, 0.6) is 0 Å². The second kappa shape index (κ2) is 12.6. The number of aryl methyl sites for hydroxylation is 1. The van der Waals surface area contributed by atoms with Crippen molar-refractivity contribution in [1.29, 1.82) is 0 Å². The van der Waals surface area contributed by atoms with Crippen LogP contribution in [-0.4, -0.2) is 64.2 Å². The van der Waals surface area contributed by atoms with Gasteiger partial charge in [0.15, 0.2) is 0 Å². The number of aromatic nitrogens is 2. The molecule has 6 atom stereocenters. The number of benzene rings is 1. The number of hydrogen-bond donors (Lipinski definition) is 2. The minimum absolute atomic E-state index is 0.0270. The van der Waals surface area contributed by atoms with Crippen LogP contribution in [-0.2, 0) is 25.4 Å². The molecular formula is C37H52BN5O5. The molecule has 2 bridgehead atoms. The zero-order chi connectivity index (χ0) is 33.8. The van der Waals surface area contributed by atoms with Crippen molar-refractivity contribution in [3.63, 3.8) is 0 Å². The third-order valence-corrected chi connectivity index (χ3v) is 12.1. The van der Waals surface area contributed by atoms with Crippen molar-refractivity contribution in [2.24, 2.45) is 28.3 Å². The molecule has 6 aliphatic rings. The summed E-state index contributed by atoms with van der Waals surface area (Å²) in [6, 6.07) is 12.0. The van der Waals surface area contributed by atoms with E-state index in [2.05, 4.69) is 55.5 Å². The molecule has 258 valence electrons. The first-order valence-corrected chi connectivity index (χ1v) is 18.1. The summed E-state index contributed by atoms with van der Waals surface area (Å²) in [6.45, 7) is 13.3. The van der Waals surface area contributed by atoms with Crippen molar-refractivity contribution < 1.29 is 23.7 Å². The lowest BCUT2D eigenvalue weighted by Gasteiger charge is -2.64. The Morgan fingerprint density at radius 2 is 1.85 bits per heavy atom. The summed E-state index contributed by atoms with van der Waals surface area (Å²) in [4.78, 5) is 34.0. The summed E-state index contributed by atoms with van der Waals surface area (Å²) >= 11 is 0. The smallest absolute Gasteiger partial charge is 0.404 e. The molecule has 5 fully saturated rings. The molecule has 4 saturated carbocycles. The van der Waals surface area contributed by atoms with Gasteiger partial charge >= 0.3 is 7.12 Å². The first kappa shape index (κ1) is 33.3. The van der Waals surface area contributed by atoms with Crippen LogP contribution in [0, 0.1) is 30.1 Å². The number of nitrogens with zero attached hydrogens (tertiary/aromatic N) is 3. The van der Waals surface area contributed by atoms with E-state index in [1.807, 2.05) is 48.0 Å². The molecule has 0 radical (unpaired) electrons. The lowest BCUT2D eigenvalue weighted by atomic mass is 9.43. The Morgan fingerprint density at radius 3 is 2.56 bits per heavy atom. The van der Waals surface area contributed by atoms with Crippen LogP contribution in [0.25, 0.3) is 0 Å². The normalized spacial score (nSPS) is 31.2. The molecule has 11 heteroatoms. The summed E-state index contributed by atoms with van der Waals surface area (Å²) in [7, 11) is -0.537. The lowest BCUT2D eigenvalue weighted by Crippen LogP contribution is -2.65. The van der Waals surface area contributed by atoms with E-state index in [1.165, 1.54) is 6.42 Å². The molecule has 2 aliphatic heterocycles. The van der Waals surface area contributed by atoms with Crippen molar-refractivity contribution in [2.45, 2.75) is 129 Å². The van der Waals surface area contributed by atoms with Gasteiger partial charge in [-0.1, -0.05) is 76.0 Å². The average Bonchev–Trinajstić information content (AvgIpc) is 3.85. The average molecular weight is 658 g/mol. The molecule has 48 heavy (non-hydrogen) atoms. The number of oxime groups is 1. The van der Waals surface area contributed by atoms with Gasteiger partial charge in [-0.25, -0.2) is 0 Å². The Labute approximate surface area is 285 Å². The van der Waals surface area contributed by atoms with Gasteiger partial charge in [0.05, 0.1) is 41.6 Å². The topological polar surface area (TPSA) is 116 Å². The highest BCUT2D eigenvalue weighted by Gasteiger charge is 2.68. The van der Waals surface area contributed by atoms with Crippen LogP contribution in [0.2, 0.25) is 0 Å². The Kier molecular flexibility index (Phi) is 8.76. The third-order valence-electron chi connectivity index (χ3n) is 12.1. The molecule has 8 rings (SSSR count). The van der Waals surface area contributed by atoms with E-state index in [-0.39, 0.29) is 53.9 Å². The molecule has 1 unspecified atom stereocenters. The molecule has 2 amide bonds. The van der Waals surface area contributed by atoms with Crippen LogP contribution in [0.4, 0.5) is 0 Å². The Hall–Kier alpha value is -3.18. The standard InChI is InChI=1S/C37H52BN5O5/c1-23(2)16-32(38-46-31-19-26-18-30(35(26,4)5)36(31,6)47-38)40-34(45)37(20-25-12-8-7-9-13-25)21-27(42-48-37)22-39-33(44)29-17-24(3)41-43(29)28-14-10-11-15-28/h7-9,12-13,17,23,26,28,30-32H,10-11,14-16,18-22H2,1-6H3,(H,39,44)(H,40,45)/t26-,30-,31+,32-,36-,37?/m0/s1. The van der Waals surface area contributed by atoms with E-state index in [0.717, 1.165) is 43.4 Å². The highest BCUT2D eigenvalue weighted by molar-refractivity contribution is 6.48. The monoisotopic (exact) mass is 657 g/mol. The number of nitrogens with one attached hydrogen (secondary N) is 2. The third kappa shape index (κ3) is 5.99. The zero-order valence-electron chi connectivity index (χ0n) is 29.5. The summed E-state index contributed by atoms with van der Waals surface area (Å²) in [5.74, 6) is 0.599. The Bertz CT molecular complexity index is 1550. The first-order valence-electron chi connectivity index (χ1n) is 18.1. The molecule has 0 spiro atoms. The molecule has 1 saturated heterocycles. The van der Waals surface area contributed by atoms with Gasteiger partial charge in [0.1, 0.15) is 5.69 Å². The number of rotatable bonds is 11.